The van der Waals surface area contributed by atoms with Gasteiger partial charge >= 0.3 is 0 Å². The lowest BCUT2D eigenvalue weighted by Crippen LogP contribution is -2.33. The molecule has 0 N–H and O–H groups in total. The molecule has 0 spiro atoms. The highest BCUT2D eigenvalue weighted by atomic mass is 35.5. The third-order valence-corrected chi connectivity index (χ3v) is 9.27. The number of hydrogen-bond donors (Lipinski definition) is 0. The zero-order valence-electron chi connectivity index (χ0n) is 25.8. The van der Waals surface area contributed by atoms with Crippen molar-refractivity contribution in [3.8, 4) is 17.0 Å². The molecule has 6 aromatic rings. The van der Waals surface area contributed by atoms with Crippen molar-refractivity contribution in [1.82, 2.24) is 29.4 Å². The van der Waals surface area contributed by atoms with Gasteiger partial charge in [-0.2, -0.15) is 4.39 Å². The van der Waals surface area contributed by atoms with Crippen molar-refractivity contribution >= 4 is 39.1 Å². The Labute approximate surface area is 278 Å². The molecule has 12 heteroatoms. The van der Waals surface area contributed by atoms with E-state index in [1.54, 1.807) is 30.3 Å². The quantitative estimate of drug-likeness (QED) is 0.157. The zero-order valence-corrected chi connectivity index (χ0v) is 26.5. The van der Waals surface area contributed by atoms with Crippen LogP contribution in [0.2, 0.25) is 5.02 Å². The van der Waals surface area contributed by atoms with E-state index in [2.05, 4.69) is 31.7 Å². The molecule has 1 atom stereocenters. The summed E-state index contributed by atoms with van der Waals surface area (Å²) in [6, 6.07) is 21.1. The molecule has 48 heavy (non-hydrogen) atoms. The van der Waals surface area contributed by atoms with Crippen molar-refractivity contribution in [2.75, 3.05) is 19.7 Å². The number of pyridine rings is 1. The van der Waals surface area contributed by atoms with Crippen LogP contribution in [0.5, 0.6) is 5.88 Å². The highest BCUT2D eigenvalue weighted by Gasteiger charge is 2.24. The summed E-state index contributed by atoms with van der Waals surface area (Å²) in [7, 11) is 0. The summed E-state index contributed by atoms with van der Waals surface area (Å²) in [6.45, 7) is 3.68. The molecule has 3 aromatic heterocycles. The Morgan fingerprint density at radius 2 is 1.81 bits per heavy atom. The van der Waals surface area contributed by atoms with Gasteiger partial charge in [-0.05, 0) is 72.0 Å². The number of benzene rings is 3. The number of rotatable bonds is 9. The zero-order chi connectivity index (χ0) is 32.8. The van der Waals surface area contributed by atoms with Crippen LogP contribution in [0, 0.1) is 11.8 Å². The van der Waals surface area contributed by atoms with Gasteiger partial charge in [-0.25, -0.2) is 14.4 Å². The van der Waals surface area contributed by atoms with E-state index in [1.165, 1.54) is 12.1 Å². The van der Waals surface area contributed by atoms with Crippen LogP contribution in [0.25, 0.3) is 38.6 Å². The molecule has 5 heterocycles. The second-order valence-electron chi connectivity index (χ2n) is 12.1. The van der Waals surface area contributed by atoms with E-state index in [0.29, 0.717) is 29.6 Å². The maximum atomic E-state index is 14.3. The average molecular weight is 671 g/mol. The van der Waals surface area contributed by atoms with E-state index in [-0.39, 0.29) is 28.5 Å². The highest BCUT2D eigenvalue weighted by Crippen LogP contribution is 2.31. The van der Waals surface area contributed by atoms with Crippen LogP contribution in [0.3, 0.4) is 0 Å². The van der Waals surface area contributed by atoms with Gasteiger partial charge in [0, 0.05) is 36.3 Å². The van der Waals surface area contributed by atoms with E-state index in [1.807, 2.05) is 24.3 Å². The second-order valence-corrected chi connectivity index (χ2v) is 12.5. The molecule has 1 saturated heterocycles. The molecule has 2 aliphatic heterocycles. The topological polar surface area (TPSA) is 70.2 Å². The Kier molecular flexibility index (Phi) is 8.11. The number of fused-ring (bicyclic) bond motifs is 2. The van der Waals surface area contributed by atoms with E-state index >= 15 is 0 Å². The van der Waals surface area contributed by atoms with E-state index in [4.69, 9.17) is 26.1 Å². The number of aromatic nitrogens is 5. The van der Waals surface area contributed by atoms with Crippen LogP contribution in [0.15, 0.2) is 78.9 Å². The number of halogens is 4. The first-order valence-corrected chi connectivity index (χ1v) is 16.2. The molecule has 1 unspecified atom stereocenters. The Morgan fingerprint density at radius 3 is 2.60 bits per heavy atom. The molecular formula is C36H30ClF3N6O2. The summed E-state index contributed by atoms with van der Waals surface area (Å²) in [4.78, 5) is 12.1. The van der Waals surface area contributed by atoms with Gasteiger partial charge in [0.2, 0.25) is 11.8 Å². The first kappa shape index (κ1) is 30.6. The summed E-state index contributed by atoms with van der Waals surface area (Å²) < 4.78 is 56.2. The fourth-order valence-corrected chi connectivity index (χ4v) is 6.45. The minimum absolute atomic E-state index is 0.0548. The Morgan fingerprint density at radius 1 is 0.958 bits per heavy atom. The van der Waals surface area contributed by atoms with Crippen LogP contribution in [-0.2, 0) is 24.4 Å². The predicted molar refractivity (Wildman–Crippen MR) is 177 cm³/mol. The molecule has 1 fully saturated rings. The first-order chi connectivity index (χ1) is 23.4. The molecule has 0 aliphatic carbocycles. The SMILES string of the molecule is Fc1cc(Cl)ccc1COc1cccc(C2=CCN(Cc3nc4ccc(-c5ccc6c(c5)c(F)nn6F)cc4n3CC3CCO3)CC2)n1. The molecule has 8 nitrogen and oxygen atoms in total. The van der Waals surface area contributed by atoms with Crippen LogP contribution < -0.4 is 4.74 Å². The van der Waals surface area contributed by atoms with Crippen LogP contribution in [0.1, 0.15) is 29.9 Å². The van der Waals surface area contributed by atoms with Crippen molar-refractivity contribution in [3.05, 3.63) is 113 Å². The van der Waals surface area contributed by atoms with Gasteiger partial charge in [-0.3, -0.25) is 4.90 Å². The molecule has 0 saturated carbocycles. The maximum Gasteiger partial charge on any atom is 0.243 e. The Hall–Kier alpha value is -4.71. The number of hydrogen-bond acceptors (Lipinski definition) is 6. The Bertz CT molecular complexity index is 2190. The normalized spacial score (nSPS) is 16.8. The van der Waals surface area contributed by atoms with Crippen molar-refractivity contribution in [3.63, 3.8) is 0 Å². The summed E-state index contributed by atoms with van der Waals surface area (Å²) >= 11 is 5.86. The number of nitrogens with zero attached hydrogens (tertiary/aromatic N) is 6. The number of imidazole rings is 1. The lowest BCUT2D eigenvalue weighted by Gasteiger charge is -2.29. The van der Waals surface area contributed by atoms with Gasteiger partial charge < -0.3 is 14.0 Å². The smallest absolute Gasteiger partial charge is 0.243 e. The van der Waals surface area contributed by atoms with Gasteiger partial charge in [-0.15, -0.1) is 5.10 Å². The molecular weight excluding hydrogens is 641 g/mol. The van der Waals surface area contributed by atoms with Gasteiger partial charge in [0.25, 0.3) is 0 Å². The standard InChI is InChI=1S/C36H30ClF3N6O2/c37-26-7-4-25(29(38)18-26)21-48-35-3-1-2-30(42-35)22-10-13-44(14-11-22)20-34-41-31-8-5-24(17-33(31)45(34)19-27-12-15-47-27)23-6-9-32-28(16-23)36(39)43-46(32)40/h1-10,16-18,27H,11-15,19-21H2. The molecule has 3 aromatic carbocycles. The van der Waals surface area contributed by atoms with E-state index < -0.39 is 11.8 Å². The average Bonchev–Trinajstić information content (AvgIpc) is 3.56. The molecule has 8 rings (SSSR count). The summed E-state index contributed by atoms with van der Waals surface area (Å²) in [5.74, 6) is 0.119. The molecule has 2 aliphatic rings. The van der Waals surface area contributed by atoms with Gasteiger partial charge in [0.1, 0.15) is 23.8 Å². The maximum absolute atomic E-state index is 14.3. The lowest BCUT2D eigenvalue weighted by molar-refractivity contribution is -0.0591. The van der Waals surface area contributed by atoms with Gasteiger partial charge in [0.05, 0.1) is 41.3 Å². The molecule has 0 bridgehead atoms. The highest BCUT2D eigenvalue weighted by molar-refractivity contribution is 6.30. The van der Waals surface area contributed by atoms with Crippen molar-refractivity contribution in [1.29, 1.82) is 0 Å². The summed E-state index contributed by atoms with van der Waals surface area (Å²) in [5, 5.41) is 3.74. The predicted octanol–water partition coefficient (Wildman–Crippen LogP) is 7.77. The third kappa shape index (κ3) is 6.05. The van der Waals surface area contributed by atoms with Gasteiger partial charge in [-0.1, -0.05) is 51.3 Å². The second kappa shape index (κ2) is 12.7. The summed E-state index contributed by atoms with van der Waals surface area (Å²) in [5.41, 5.74) is 5.93. The van der Waals surface area contributed by atoms with Crippen molar-refractivity contribution in [2.24, 2.45) is 0 Å². The van der Waals surface area contributed by atoms with Crippen molar-refractivity contribution < 1.29 is 22.7 Å². The molecule has 0 radical (unpaired) electrons. The minimum Gasteiger partial charge on any atom is -0.473 e. The number of ether oxygens (including phenoxy) is 2. The third-order valence-electron chi connectivity index (χ3n) is 9.03. The van der Waals surface area contributed by atoms with Crippen LogP contribution in [-0.4, -0.2) is 55.2 Å². The Balaban J connectivity index is 1.00. The summed E-state index contributed by atoms with van der Waals surface area (Å²) in [6.07, 6.45) is 4.09. The molecule has 244 valence electrons. The fourth-order valence-electron chi connectivity index (χ4n) is 6.29. The van der Waals surface area contributed by atoms with Gasteiger partial charge in [0.15, 0.2) is 0 Å². The fraction of sp³-hybridized carbons (Fsp3) is 0.250. The first-order valence-electron chi connectivity index (χ1n) is 15.8. The van der Waals surface area contributed by atoms with Crippen LogP contribution in [0.4, 0.5) is 13.3 Å². The lowest BCUT2D eigenvalue weighted by atomic mass is 10.0. The van der Waals surface area contributed by atoms with E-state index in [9.17, 15) is 13.3 Å². The largest absolute Gasteiger partial charge is 0.473 e. The van der Waals surface area contributed by atoms with Crippen LogP contribution >= 0.6 is 11.6 Å². The molecule has 0 amide bonds. The minimum atomic E-state index is -0.841. The van der Waals surface area contributed by atoms with Crippen molar-refractivity contribution in [2.45, 2.75) is 38.6 Å². The monoisotopic (exact) mass is 670 g/mol. The van der Waals surface area contributed by atoms with E-state index in [0.717, 1.165) is 71.8 Å².